The van der Waals surface area contributed by atoms with Crippen LogP contribution in [0.5, 0.6) is 0 Å². The van der Waals surface area contributed by atoms with Crippen LogP contribution in [0, 0.1) is 29.1 Å². The lowest BCUT2D eigenvalue weighted by atomic mass is 9.67. The van der Waals surface area contributed by atoms with Crippen molar-refractivity contribution in [3.05, 3.63) is 24.3 Å². The Hall–Kier alpha value is -0.800. The van der Waals surface area contributed by atoms with Crippen molar-refractivity contribution in [2.24, 2.45) is 29.1 Å². The van der Waals surface area contributed by atoms with Gasteiger partial charge in [0.05, 0.1) is 19.3 Å². The van der Waals surface area contributed by atoms with E-state index in [1.807, 2.05) is 12.2 Å². The molecule has 160 valence electrons. The topological polar surface area (TPSA) is 120 Å². The van der Waals surface area contributed by atoms with Gasteiger partial charge in [0.15, 0.2) is 6.29 Å². The molecule has 1 heterocycles. The third-order valence-corrected chi connectivity index (χ3v) is 6.84. The summed E-state index contributed by atoms with van der Waals surface area (Å²) >= 11 is 0. The van der Waals surface area contributed by atoms with Gasteiger partial charge in [0, 0.05) is 11.3 Å². The fourth-order valence-corrected chi connectivity index (χ4v) is 4.76. The Morgan fingerprint density at radius 2 is 1.75 bits per heavy atom. The zero-order chi connectivity index (χ0) is 20.6. The SMILES string of the molecule is CC(C)C1C=CC(COC2OC(CO)C(O)C(O)C2O)C2C=CC(O)C2(C)C1. The number of hydrogen-bond acceptors (Lipinski definition) is 7. The molecule has 10 atom stereocenters. The van der Waals surface area contributed by atoms with Gasteiger partial charge < -0.3 is 35.0 Å². The Labute approximate surface area is 166 Å². The first-order valence-electron chi connectivity index (χ1n) is 10.2. The summed E-state index contributed by atoms with van der Waals surface area (Å²) in [5.74, 6) is 0.841. The van der Waals surface area contributed by atoms with Crippen LogP contribution in [0.3, 0.4) is 0 Å². The van der Waals surface area contributed by atoms with Gasteiger partial charge in [-0.1, -0.05) is 45.1 Å². The second-order valence-corrected chi connectivity index (χ2v) is 9.05. The van der Waals surface area contributed by atoms with Crippen LogP contribution in [-0.4, -0.2) is 75.6 Å². The summed E-state index contributed by atoms with van der Waals surface area (Å²) in [6, 6.07) is 0. The molecule has 28 heavy (non-hydrogen) atoms. The van der Waals surface area contributed by atoms with Crippen LogP contribution in [-0.2, 0) is 9.47 Å². The molecule has 2 aliphatic carbocycles. The molecule has 0 aromatic heterocycles. The molecule has 1 saturated heterocycles. The summed E-state index contributed by atoms with van der Waals surface area (Å²) in [4.78, 5) is 0. The van der Waals surface area contributed by atoms with Crippen molar-refractivity contribution in [1.29, 1.82) is 0 Å². The van der Waals surface area contributed by atoms with Gasteiger partial charge in [-0.2, -0.15) is 0 Å². The van der Waals surface area contributed by atoms with E-state index in [-0.39, 0.29) is 23.9 Å². The summed E-state index contributed by atoms with van der Waals surface area (Å²) < 4.78 is 11.3. The van der Waals surface area contributed by atoms with E-state index in [0.29, 0.717) is 11.8 Å². The van der Waals surface area contributed by atoms with Gasteiger partial charge in [0.1, 0.15) is 24.4 Å². The third kappa shape index (κ3) is 3.94. The first kappa shape index (κ1) is 21.9. The predicted molar refractivity (Wildman–Crippen MR) is 102 cm³/mol. The van der Waals surface area contributed by atoms with E-state index in [4.69, 9.17) is 9.47 Å². The van der Waals surface area contributed by atoms with Crippen LogP contribution in [0.4, 0.5) is 0 Å². The average Bonchev–Trinajstić information content (AvgIpc) is 2.85. The molecular formula is C21H34O7. The van der Waals surface area contributed by atoms with Crippen molar-refractivity contribution in [2.45, 2.75) is 64.0 Å². The first-order chi connectivity index (χ1) is 13.2. The molecule has 3 rings (SSSR count). The highest BCUT2D eigenvalue weighted by Gasteiger charge is 2.49. The standard InChI is InChI=1S/C21H34O7/c1-11(2)12-4-5-13(14-6-7-16(23)21(14,3)8-12)10-27-20-19(26)18(25)17(24)15(9-22)28-20/h4-7,11-20,22-26H,8-10H2,1-3H3. The maximum Gasteiger partial charge on any atom is 0.186 e. The Balaban J connectivity index is 1.73. The number of ether oxygens (including phenoxy) is 2. The molecule has 5 N–H and O–H groups in total. The van der Waals surface area contributed by atoms with Crippen molar-refractivity contribution in [3.63, 3.8) is 0 Å². The van der Waals surface area contributed by atoms with Gasteiger partial charge in [-0.15, -0.1) is 0 Å². The molecule has 0 bridgehead atoms. The van der Waals surface area contributed by atoms with Crippen molar-refractivity contribution in [2.75, 3.05) is 13.2 Å². The minimum absolute atomic E-state index is 0.0329. The normalized spacial score (nSPS) is 48.7. The fourth-order valence-electron chi connectivity index (χ4n) is 4.76. The minimum Gasteiger partial charge on any atom is -0.394 e. The monoisotopic (exact) mass is 398 g/mol. The number of rotatable bonds is 5. The van der Waals surface area contributed by atoms with E-state index in [2.05, 4.69) is 32.9 Å². The summed E-state index contributed by atoms with van der Waals surface area (Å²) in [5, 5.41) is 50.0. The highest BCUT2D eigenvalue weighted by molar-refractivity contribution is 5.20. The number of fused-ring (bicyclic) bond motifs is 1. The number of aliphatic hydroxyl groups excluding tert-OH is 5. The summed E-state index contributed by atoms with van der Waals surface area (Å²) in [7, 11) is 0. The van der Waals surface area contributed by atoms with Gasteiger partial charge in [-0.25, -0.2) is 0 Å². The quantitative estimate of drug-likeness (QED) is 0.420. The largest absolute Gasteiger partial charge is 0.394 e. The lowest BCUT2D eigenvalue weighted by molar-refractivity contribution is -0.303. The Bertz CT molecular complexity index is 589. The molecule has 0 aromatic rings. The van der Waals surface area contributed by atoms with Crippen molar-refractivity contribution in [1.82, 2.24) is 0 Å². The molecule has 3 aliphatic rings. The fraction of sp³-hybridized carbons (Fsp3) is 0.810. The molecule has 7 nitrogen and oxygen atoms in total. The van der Waals surface area contributed by atoms with Crippen LogP contribution < -0.4 is 0 Å². The molecule has 0 saturated carbocycles. The maximum atomic E-state index is 10.6. The van der Waals surface area contributed by atoms with Crippen LogP contribution in [0.1, 0.15) is 27.2 Å². The summed E-state index contributed by atoms with van der Waals surface area (Å²) in [5.41, 5.74) is -0.304. The summed E-state index contributed by atoms with van der Waals surface area (Å²) in [6.45, 7) is 6.19. The highest BCUT2D eigenvalue weighted by atomic mass is 16.7. The number of hydrogen-bond donors (Lipinski definition) is 5. The highest BCUT2D eigenvalue weighted by Crippen LogP contribution is 2.50. The number of allylic oxidation sites excluding steroid dienone is 2. The Morgan fingerprint density at radius 1 is 1.04 bits per heavy atom. The van der Waals surface area contributed by atoms with Crippen molar-refractivity contribution >= 4 is 0 Å². The van der Waals surface area contributed by atoms with E-state index < -0.39 is 43.4 Å². The Morgan fingerprint density at radius 3 is 2.39 bits per heavy atom. The predicted octanol–water partition coefficient (Wildman–Crippen LogP) is 0.204. The minimum atomic E-state index is -1.45. The van der Waals surface area contributed by atoms with E-state index in [0.717, 1.165) is 6.42 Å². The molecule has 7 heteroatoms. The van der Waals surface area contributed by atoms with Crippen LogP contribution >= 0.6 is 0 Å². The average molecular weight is 398 g/mol. The van der Waals surface area contributed by atoms with E-state index >= 15 is 0 Å². The zero-order valence-electron chi connectivity index (χ0n) is 16.8. The van der Waals surface area contributed by atoms with Gasteiger partial charge in [-0.05, 0) is 24.2 Å². The first-order valence-corrected chi connectivity index (χ1v) is 10.2. The van der Waals surface area contributed by atoms with Crippen molar-refractivity contribution < 1.29 is 35.0 Å². The maximum absolute atomic E-state index is 10.6. The second kappa shape index (κ2) is 8.52. The van der Waals surface area contributed by atoms with Gasteiger partial charge in [0.25, 0.3) is 0 Å². The van der Waals surface area contributed by atoms with E-state index in [1.54, 1.807) is 0 Å². The molecule has 0 spiro atoms. The van der Waals surface area contributed by atoms with Crippen molar-refractivity contribution in [3.8, 4) is 0 Å². The smallest absolute Gasteiger partial charge is 0.186 e. The zero-order valence-corrected chi connectivity index (χ0v) is 16.8. The Kier molecular flexibility index (Phi) is 6.66. The molecule has 0 radical (unpaired) electrons. The summed E-state index contributed by atoms with van der Waals surface area (Å²) in [6.07, 6.45) is 2.15. The molecule has 1 aliphatic heterocycles. The van der Waals surface area contributed by atoms with Crippen LogP contribution in [0.2, 0.25) is 0 Å². The second-order valence-electron chi connectivity index (χ2n) is 9.05. The van der Waals surface area contributed by atoms with Crippen LogP contribution in [0.15, 0.2) is 24.3 Å². The molecule has 0 amide bonds. The van der Waals surface area contributed by atoms with Gasteiger partial charge >= 0.3 is 0 Å². The lowest BCUT2D eigenvalue weighted by Crippen LogP contribution is -2.59. The van der Waals surface area contributed by atoms with E-state index in [9.17, 15) is 25.5 Å². The molecule has 0 aromatic carbocycles. The lowest BCUT2D eigenvalue weighted by Gasteiger charge is -2.41. The molecule has 10 unspecified atom stereocenters. The van der Waals surface area contributed by atoms with Gasteiger partial charge in [0.2, 0.25) is 0 Å². The van der Waals surface area contributed by atoms with Gasteiger partial charge in [-0.3, -0.25) is 0 Å². The third-order valence-electron chi connectivity index (χ3n) is 6.84. The number of aliphatic hydroxyl groups is 5. The molecular weight excluding hydrogens is 364 g/mol. The molecule has 1 fully saturated rings. The van der Waals surface area contributed by atoms with E-state index in [1.165, 1.54) is 0 Å². The van der Waals surface area contributed by atoms with Crippen LogP contribution in [0.25, 0.3) is 0 Å².